The molecule has 5 heteroatoms. The average Bonchev–Trinajstić information content (AvgIpc) is 2.66. The summed E-state index contributed by atoms with van der Waals surface area (Å²) in [6.07, 6.45) is 1.87. The van der Waals surface area contributed by atoms with Crippen LogP contribution in [-0.4, -0.2) is 44.2 Å². The van der Waals surface area contributed by atoms with Crippen LogP contribution in [0.15, 0.2) is 54.6 Å². The van der Waals surface area contributed by atoms with E-state index in [0.29, 0.717) is 24.6 Å². The summed E-state index contributed by atoms with van der Waals surface area (Å²) in [6.45, 7) is 4.81. The molecule has 0 bridgehead atoms. The lowest BCUT2D eigenvalue weighted by Crippen LogP contribution is -2.35. The van der Waals surface area contributed by atoms with Gasteiger partial charge >= 0.3 is 0 Å². The number of hydrogen-bond acceptors (Lipinski definition) is 4. The molecule has 0 aliphatic carbocycles. The number of nitrogens with zero attached hydrogens (tertiary/aromatic N) is 1. The summed E-state index contributed by atoms with van der Waals surface area (Å²) in [4.78, 5) is 14.5. The zero-order valence-corrected chi connectivity index (χ0v) is 15.6. The molecular weight excluding hydrogens is 328 g/mol. The van der Waals surface area contributed by atoms with E-state index in [2.05, 4.69) is 17.1 Å². The van der Waals surface area contributed by atoms with E-state index < -0.39 is 0 Å². The first kappa shape index (κ1) is 19.8. The van der Waals surface area contributed by atoms with Gasteiger partial charge in [0.05, 0.1) is 25.9 Å². The summed E-state index contributed by atoms with van der Waals surface area (Å²) in [5.74, 6) is 1.51. The predicted octanol–water partition coefficient (Wildman–Crippen LogP) is 3.81. The minimum Gasteiger partial charge on any atom is -0.495 e. The van der Waals surface area contributed by atoms with Crippen molar-refractivity contribution in [1.82, 2.24) is 4.90 Å². The Morgan fingerprint density at radius 2 is 1.77 bits per heavy atom. The molecule has 2 aromatic carbocycles. The van der Waals surface area contributed by atoms with Crippen molar-refractivity contribution in [3.63, 3.8) is 0 Å². The summed E-state index contributed by atoms with van der Waals surface area (Å²) < 4.78 is 11.0. The molecule has 0 fully saturated rings. The van der Waals surface area contributed by atoms with Crippen molar-refractivity contribution >= 4 is 11.6 Å². The van der Waals surface area contributed by atoms with Crippen molar-refractivity contribution in [2.75, 3.05) is 38.7 Å². The first-order valence-corrected chi connectivity index (χ1v) is 9.06. The first-order valence-electron chi connectivity index (χ1n) is 9.06. The Labute approximate surface area is 155 Å². The fourth-order valence-corrected chi connectivity index (χ4v) is 2.72. The third-order valence-electron chi connectivity index (χ3n) is 3.92. The van der Waals surface area contributed by atoms with Gasteiger partial charge in [0, 0.05) is 6.54 Å². The van der Waals surface area contributed by atoms with Crippen LogP contribution in [0.4, 0.5) is 5.69 Å². The maximum Gasteiger partial charge on any atom is 0.238 e. The Kier molecular flexibility index (Phi) is 8.49. The van der Waals surface area contributed by atoms with Crippen LogP contribution >= 0.6 is 0 Å². The maximum atomic E-state index is 12.4. The van der Waals surface area contributed by atoms with Crippen molar-refractivity contribution in [2.24, 2.45) is 0 Å². The second-order valence-electron chi connectivity index (χ2n) is 6.04. The smallest absolute Gasteiger partial charge is 0.238 e. The molecule has 1 amide bonds. The van der Waals surface area contributed by atoms with E-state index >= 15 is 0 Å². The van der Waals surface area contributed by atoms with Crippen molar-refractivity contribution in [3.8, 4) is 11.5 Å². The van der Waals surface area contributed by atoms with Crippen molar-refractivity contribution < 1.29 is 14.3 Å². The van der Waals surface area contributed by atoms with Gasteiger partial charge in [-0.2, -0.15) is 0 Å². The van der Waals surface area contributed by atoms with E-state index in [9.17, 15) is 4.79 Å². The molecule has 5 nitrogen and oxygen atoms in total. The SMILES string of the molecule is CCCN(CCCOc1ccccc1)CC(=O)Nc1ccccc1OC. The van der Waals surface area contributed by atoms with E-state index in [-0.39, 0.29) is 5.91 Å². The van der Waals surface area contributed by atoms with Gasteiger partial charge in [-0.3, -0.25) is 9.69 Å². The highest BCUT2D eigenvalue weighted by Crippen LogP contribution is 2.22. The fraction of sp³-hybridized carbons (Fsp3) is 0.381. The molecule has 0 heterocycles. The van der Waals surface area contributed by atoms with Gasteiger partial charge in [0.1, 0.15) is 11.5 Å². The quantitative estimate of drug-likeness (QED) is 0.622. The van der Waals surface area contributed by atoms with Crippen LogP contribution in [0.3, 0.4) is 0 Å². The molecule has 0 aliphatic heterocycles. The molecule has 2 rings (SSSR count). The van der Waals surface area contributed by atoms with Gasteiger partial charge in [-0.05, 0) is 43.7 Å². The highest BCUT2D eigenvalue weighted by Gasteiger charge is 2.12. The number of ether oxygens (including phenoxy) is 2. The lowest BCUT2D eigenvalue weighted by atomic mass is 10.3. The van der Waals surface area contributed by atoms with Crippen LogP contribution in [0.1, 0.15) is 19.8 Å². The molecule has 0 spiro atoms. The molecule has 0 unspecified atom stereocenters. The number of methoxy groups -OCH3 is 1. The van der Waals surface area contributed by atoms with Gasteiger partial charge in [-0.15, -0.1) is 0 Å². The lowest BCUT2D eigenvalue weighted by molar-refractivity contribution is -0.117. The highest BCUT2D eigenvalue weighted by atomic mass is 16.5. The molecule has 0 aliphatic rings. The van der Waals surface area contributed by atoms with Gasteiger partial charge < -0.3 is 14.8 Å². The molecule has 0 radical (unpaired) electrons. The van der Waals surface area contributed by atoms with E-state index in [4.69, 9.17) is 9.47 Å². The predicted molar refractivity (Wildman–Crippen MR) is 105 cm³/mol. The number of benzene rings is 2. The zero-order valence-electron chi connectivity index (χ0n) is 15.6. The molecular formula is C21H28N2O3. The van der Waals surface area contributed by atoms with Crippen molar-refractivity contribution in [2.45, 2.75) is 19.8 Å². The highest BCUT2D eigenvalue weighted by molar-refractivity contribution is 5.93. The Balaban J connectivity index is 1.78. The molecule has 1 N–H and O–H groups in total. The van der Waals surface area contributed by atoms with Crippen LogP contribution in [0, 0.1) is 0 Å². The minimum atomic E-state index is -0.0353. The molecule has 0 saturated heterocycles. The van der Waals surface area contributed by atoms with Gasteiger partial charge in [-0.25, -0.2) is 0 Å². The fourth-order valence-electron chi connectivity index (χ4n) is 2.72. The van der Waals surface area contributed by atoms with E-state index in [0.717, 1.165) is 31.7 Å². The molecule has 2 aromatic rings. The maximum absolute atomic E-state index is 12.4. The number of para-hydroxylation sites is 3. The second kappa shape index (κ2) is 11.2. The first-order chi connectivity index (χ1) is 12.7. The Morgan fingerprint density at radius 1 is 1.04 bits per heavy atom. The number of hydrogen-bond donors (Lipinski definition) is 1. The molecule has 26 heavy (non-hydrogen) atoms. The standard InChI is InChI=1S/C21H28N2O3/c1-3-14-23(15-9-16-26-18-10-5-4-6-11-18)17-21(24)22-19-12-7-8-13-20(19)25-2/h4-8,10-13H,3,9,14-17H2,1-2H3,(H,22,24). The zero-order chi connectivity index (χ0) is 18.6. The summed E-state index contributed by atoms with van der Waals surface area (Å²) in [6, 6.07) is 17.2. The largest absolute Gasteiger partial charge is 0.495 e. The number of nitrogens with one attached hydrogen (secondary N) is 1. The summed E-state index contributed by atoms with van der Waals surface area (Å²) >= 11 is 0. The minimum absolute atomic E-state index is 0.0353. The van der Waals surface area contributed by atoms with Gasteiger partial charge in [0.25, 0.3) is 0 Å². The third kappa shape index (κ3) is 6.76. The van der Waals surface area contributed by atoms with E-state index in [1.165, 1.54) is 0 Å². The number of anilines is 1. The van der Waals surface area contributed by atoms with Crippen LogP contribution in [-0.2, 0) is 4.79 Å². The van der Waals surface area contributed by atoms with Crippen LogP contribution in [0.2, 0.25) is 0 Å². The Hall–Kier alpha value is -2.53. The summed E-state index contributed by atoms with van der Waals surface area (Å²) in [5.41, 5.74) is 0.698. The topological polar surface area (TPSA) is 50.8 Å². The lowest BCUT2D eigenvalue weighted by Gasteiger charge is -2.21. The number of carbonyl (C=O) groups excluding carboxylic acids is 1. The second-order valence-corrected chi connectivity index (χ2v) is 6.04. The van der Waals surface area contributed by atoms with Crippen LogP contribution in [0.5, 0.6) is 11.5 Å². The monoisotopic (exact) mass is 356 g/mol. The van der Waals surface area contributed by atoms with Crippen LogP contribution < -0.4 is 14.8 Å². The van der Waals surface area contributed by atoms with E-state index in [1.54, 1.807) is 7.11 Å². The molecule has 140 valence electrons. The average molecular weight is 356 g/mol. The van der Waals surface area contributed by atoms with E-state index in [1.807, 2.05) is 54.6 Å². The number of carbonyl (C=O) groups is 1. The molecule has 0 saturated carbocycles. The van der Waals surface area contributed by atoms with Crippen LogP contribution in [0.25, 0.3) is 0 Å². The Morgan fingerprint density at radius 3 is 2.50 bits per heavy atom. The number of amides is 1. The summed E-state index contributed by atoms with van der Waals surface area (Å²) in [7, 11) is 1.60. The molecule has 0 aromatic heterocycles. The van der Waals surface area contributed by atoms with Crippen molar-refractivity contribution in [3.05, 3.63) is 54.6 Å². The summed E-state index contributed by atoms with van der Waals surface area (Å²) in [5, 5.41) is 2.93. The molecule has 0 atom stereocenters. The normalized spacial score (nSPS) is 10.6. The third-order valence-corrected chi connectivity index (χ3v) is 3.92. The Bertz CT molecular complexity index is 661. The van der Waals surface area contributed by atoms with Crippen molar-refractivity contribution in [1.29, 1.82) is 0 Å². The number of rotatable bonds is 11. The van der Waals surface area contributed by atoms with Gasteiger partial charge in [-0.1, -0.05) is 37.3 Å². The van der Waals surface area contributed by atoms with Gasteiger partial charge in [0.15, 0.2) is 0 Å². The van der Waals surface area contributed by atoms with Gasteiger partial charge in [0.2, 0.25) is 5.91 Å².